The van der Waals surface area contributed by atoms with Crippen molar-refractivity contribution < 1.29 is 22.7 Å². The molecule has 3 aromatic rings. The van der Waals surface area contributed by atoms with Gasteiger partial charge >= 0.3 is 6.18 Å². The van der Waals surface area contributed by atoms with Gasteiger partial charge in [-0.3, -0.25) is 4.79 Å². The van der Waals surface area contributed by atoms with E-state index in [-0.39, 0.29) is 5.69 Å². The standard InChI is InChI=1S/C22H18F3NO2/c23-22(24,25)18-9-5-10-19(15-18)26-21(27)17-8-4-11-20(14-17)28-13-12-16-6-2-1-3-7-16/h1-11,14-15H,12-13H2,(H,26,27). The number of carbonyl (C=O) groups is 1. The Hall–Kier alpha value is -3.28. The van der Waals surface area contributed by atoms with Crippen LogP contribution < -0.4 is 10.1 Å². The summed E-state index contributed by atoms with van der Waals surface area (Å²) in [6, 6.07) is 20.9. The number of benzene rings is 3. The first-order chi connectivity index (χ1) is 13.4. The Morgan fingerprint density at radius 1 is 0.893 bits per heavy atom. The number of rotatable bonds is 6. The lowest BCUT2D eigenvalue weighted by Crippen LogP contribution is -2.13. The zero-order valence-corrected chi connectivity index (χ0v) is 14.9. The number of anilines is 1. The number of hydrogen-bond acceptors (Lipinski definition) is 2. The third kappa shape index (κ3) is 5.36. The normalized spacial score (nSPS) is 11.1. The quantitative estimate of drug-likeness (QED) is 0.602. The summed E-state index contributed by atoms with van der Waals surface area (Å²) in [5.41, 5.74) is 0.703. The lowest BCUT2D eigenvalue weighted by molar-refractivity contribution is -0.137. The first-order valence-corrected chi connectivity index (χ1v) is 8.67. The number of amides is 1. The van der Waals surface area contributed by atoms with Crippen LogP contribution in [0.4, 0.5) is 18.9 Å². The third-order valence-corrected chi connectivity index (χ3v) is 4.05. The predicted molar refractivity (Wildman–Crippen MR) is 101 cm³/mol. The maximum atomic E-state index is 12.8. The molecule has 1 amide bonds. The van der Waals surface area contributed by atoms with Crippen LogP contribution in [0.2, 0.25) is 0 Å². The van der Waals surface area contributed by atoms with Crippen LogP contribution in [0.5, 0.6) is 5.75 Å². The highest BCUT2D eigenvalue weighted by Gasteiger charge is 2.30. The van der Waals surface area contributed by atoms with Crippen molar-refractivity contribution in [1.29, 1.82) is 0 Å². The molecule has 3 aromatic carbocycles. The first kappa shape index (κ1) is 19.5. The third-order valence-electron chi connectivity index (χ3n) is 4.05. The fourth-order valence-corrected chi connectivity index (χ4v) is 2.64. The van der Waals surface area contributed by atoms with E-state index >= 15 is 0 Å². The minimum absolute atomic E-state index is 0.0789. The van der Waals surface area contributed by atoms with Crippen LogP contribution in [-0.4, -0.2) is 12.5 Å². The molecule has 0 aliphatic heterocycles. The highest BCUT2D eigenvalue weighted by Crippen LogP contribution is 2.30. The summed E-state index contributed by atoms with van der Waals surface area (Å²) in [6.45, 7) is 0.447. The molecule has 0 saturated carbocycles. The van der Waals surface area contributed by atoms with Crippen LogP contribution in [0.25, 0.3) is 0 Å². The number of alkyl halides is 3. The van der Waals surface area contributed by atoms with E-state index in [0.717, 1.165) is 24.1 Å². The van der Waals surface area contributed by atoms with Crippen molar-refractivity contribution in [2.45, 2.75) is 12.6 Å². The van der Waals surface area contributed by atoms with Crippen LogP contribution >= 0.6 is 0 Å². The van der Waals surface area contributed by atoms with Crippen molar-refractivity contribution in [3.05, 3.63) is 95.6 Å². The van der Waals surface area contributed by atoms with Gasteiger partial charge in [0.05, 0.1) is 12.2 Å². The minimum Gasteiger partial charge on any atom is -0.493 e. The van der Waals surface area contributed by atoms with Gasteiger partial charge in [0, 0.05) is 17.7 Å². The monoisotopic (exact) mass is 385 g/mol. The highest BCUT2D eigenvalue weighted by atomic mass is 19.4. The molecule has 0 aliphatic rings. The van der Waals surface area contributed by atoms with Crippen molar-refractivity contribution in [1.82, 2.24) is 0 Å². The van der Waals surface area contributed by atoms with Gasteiger partial charge < -0.3 is 10.1 Å². The van der Waals surface area contributed by atoms with E-state index in [0.29, 0.717) is 17.9 Å². The summed E-state index contributed by atoms with van der Waals surface area (Å²) in [5.74, 6) is 0.0143. The SMILES string of the molecule is O=C(Nc1cccc(C(F)(F)F)c1)c1cccc(OCCc2ccccc2)c1. The second kappa shape index (κ2) is 8.61. The lowest BCUT2D eigenvalue weighted by atomic mass is 10.1. The van der Waals surface area contributed by atoms with Crippen molar-refractivity contribution in [3.63, 3.8) is 0 Å². The molecule has 0 aliphatic carbocycles. The molecule has 6 heteroatoms. The molecule has 28 heavy (non-hydrogen) atoms. The van der Waals surface area contributed by atoms with E-state index in [4.69, 9.17) is 4.74 Å². The summed E-state index contributed by atoms with van der Waals surface area (Å²) in [6.07, 6.45) is -3.74. The zero-order valence-electron chi connectivity index (χ0n) is 14.9. The molecule has 0 spiro atoms. The van der Waals surface area contributed by atoms with E-state index in [1.54, 1.807) is 24.3 Å². The Balaban J connectivity index is 1.62. The topological polar surface area (TPSA) is 38.3 Å². The predicted octanol–water partition coefficient (Wildman–Crippen LogP) is 5.58. The van der Waals surface area contributed by atoms with Gasteiger partial charge in [0.25, 0.3) is 5.91 Å². The number of carbonyl (C=O) groups excluding carboxylic acids is 1. The molecule has 0 aromatic heterocycles. The number of hydrogen-bond donors (Lipinski definition) is 1. The molecule has 0 bridgehead atoms. The van der Waals surface area contributed by atoms with E-state index < -0.39 is 17.6 Å². The molecule has 0 radical (unpaired) electrons. The van der Waals surface area contributed by atoms with Crippen LogP contribution in [0.3, 0.4) is 0 Å². The number of halogens is 3. The van der Waals surface area contributed by atoms with Gasteiger partial charge in [-0.05, 0) is 42.0 Å². The minimum atomic E-state index is -4.47. The summed E-state index contributed by atoms with van der Waals surface area (Å²) < 4.78 is 44.1. The van der Waals surface area contributed by atoms with Crippen molar-refractivity contribution >= 4 is 11.6 Å². The smallest absolute Gasteiger partial charge is 0.416 e. The maximum Gasteiger partial charge on any atom is 0.416 e. The summed E-state index contributed by atoms with van der Waals surface area (Å²) in [5, 5.41) is 2.49. The Morgan fingerprint density at radius 2 is 1.64 bits per heavy atom. The Labute approximate surface area is 160 Å². The highest BCUT2D eigenvalue weighted by molar-refractivity contribution is 6.04. The number of ether oxygens (including phenoxy) is 1. The van der Waals surface area contributed by atoms with E-state index in [1.165, 1.54) is 12.1 Å². The second-order valence-electron chi connectivity index (χ2n) is 6.14. The average Bonchev–Trinajstić information content (AvgIpc) is 2.69. The fourth-order valence-electron chi connectivity index (χ4n) is 2.64. The van der Waals surface area contributed by atoms with E-state index in [1.807, 2.05) is 30.3 Å². The van der Waals surface area contributed by atoms with E-state index in [2.05, 4.69) is 5.32 Å². The van der Waals surface area contributed by atoms with Gasteiger partial charge in [0.1, 0.15) is 5.75 Å². The van der Waals surface area contributed by atoms with E-state index in [9.17, 15) is 18.0 Å². The van der Waals surface area contributed by atoms with Crippen LogP contribution in [0, 0.1) is 0 Å². The van der Waals surface area contributed by atoms with Crippen LogP contribution in [0.15, 0.2) is 78.9 Å². The van der Waals surface area contributed by atoms with Gasteiger partial charge in [-0.1, -0.05) is 42.5 Å². The fraction of sp³-hybridized carbons (Fsp3) is 0.136. The number of nitrogens with one attached hydrogen (secondary N) is 1. The van der Waals surface area contributed by atoms with Crippen molar-refractivity contribution in [2.24, 2.45) is 0 Å². The Bertz CT molecular complexity index is 940. The molecule has 0 fully saturated rings. The van der Waals surface area contributed by atoms with Crippen molar-refractivity contribution in [2.75, 3.05) is 11.9 Å². The molecular formula is C22H18F3NO2. The first-order valence-electron chi connectivity index (χ1n) is 8.67. The molecule has 0 saturated heterocycles. The molecule has 144 valence electrons. The van der Waals surface area contributed by atoms with Gasteiger partial charge in [-0.25, -0.2) is 0 Å². The second-order valence-corrected chi connectivity index (χ2v) is 6.14. The summed E-state index contributed by atoms with van der Waals surface area (Å²) in [7, 11) is 0. The summed E-state index contributed by atoms with van der Waals surface area (Å²) >= 11 is 0. The maximum absolute atomic E-state index is 12.8. The van der Waals surface area contributed by atoms with Crippen molar-refractivity contribution in [3.8, 4) is 5.75 Å². The summed E-state index contributed by atoms with van der Waals surface area (Å²) in [4.78, 5) is 12.4. The van der Waals surface area contributed by atoms with Gasteiger partial charge in [0.2, 0.25) is 0 Å². The Morgan fingerprint density at radius 3 is 2.39 bits per heavy atom. The average molecular weight is 385 g/mol. The van der Waals surface area contributed by atoms with Crippen LogP contribution in [0.1, 0.15) is 21.5 Å². The Kier molecular flexibility index (Phi) is 5.99. The molecular weight excluding hydrogens is 367 g/mol. The van der Waals surface area contributed by atoms with Gasteiger partial charge in [-0.15, -0.1) is 0 Å². The van der Waals surface area contributed by atoms with Gasteiger partial charge in [-0.2, -0.15) is 13.2 Å². The lowest BCUT2D eigenvalue weighted by Gasteiger charge is -2.11. The molecule has 3 rings (SSSR count). The van der Waals surface area contributed by atoms with Crippen LogP contribution in [-0.2, 0) is 12.6 Å². The molecule has 0 heterocycles. The zero-order chi connectivity index (χ0) is 20.0. The molecule has 0 atom stereocenters. The molecule has 1 N–H and O–H groups in total. The largest absolute Gasteiger partial charge is 0.493 e. The van der Waals surface area contributed by atoms with Gasteiger partial charge in [0.15, 0.2) is 0 Å². The molecule has 0 unspecified atom stereocenters. The molecule has 3 nitrogen and oxygen atoms in total.